The van der Waals surface area contributed by atoms with Crippen LogP contribution in [0.4, 0.5) is 0 Å². The number of guanidine groups is 1. The average Bonchev–Trinajstić information content (AvgIpc) is 3.41. The molecule has 3 N–H and O–H groups in total. The molecule has 0 aliphatic carbocycles. The fourth-order valence-electron chi connectivity index (χ4n) is 3.53. The number of aromatic nitrogens is 2. The first kappa shape index (κ1) is 23.3. The van der Waals surface area contributed by atoms with Gasteiger partial charge in [0.15, 0.2) is 5.96 Å². The fourth-order valence-corrected chi connectivity index (χ4v) is 3.53. The highest BCUT2D eigenvalue weighted by molar-refractivity contribution is 14.0. The zero-order chi connectivity index (χ0) is 20.8. The Labute approximate surface area is 200 Å². The quantitative estimate of drug-likeness (QED) is 0.245. The molecule has 1 aliphatic heterocycles. The third-order valence-electron chi connectivity index (χ3n) is 5.17. The molecule has 0 radical (unpaired) electrons. The van der Waals surface area contributed by atoms with Crippen LogP contribution in [0.2, 0.25) is 0 Å². The van der Waals surface area contributed by atoms with Crippen LogP contribution in [0.15, 0.2) is 47.5 Å². The number of aryl methyl sites for hydroxylation is 1. The lowest BCUT2D eigenvalue weighted by molar-refractivity contribution is 0.140. The molecule has 3 aromatic rings. The third kappa shape index (κ3) is 6.33. The number of hydrogen-bond acceptors (Lipinski definition) is 4. The van der Waals surface area contributed by atoms with E-state index in [9.17, 15) is 0 Å². The van der Waals surface area contributed by atoms with Crippen LogP contribution in [0.25, 0.3) is 11.0 Å². The maximum atomic E-state index is 6.18. The van der Waals surface area contributed by atoms with Gasteiger partial charge in [-0.25, -0.2) is 4.98 Å². The Morgan fingerprint density at radius 2 is 2.13 bits per heavy atom. The molecule has 2 heterocycles. The van der Waals surface area contributed by atoms with Crippen molar-refractivity contribution in [3.63, 3.8) is 0 Å². The summed E-state index contributed by atoms with van der Waals surface area (Å²) < 4.78 is 11.6. The van der Waals surface area contributed by atoms with Gasteiger partial charge >= 0.3 is 0 Å². The van der Waals surface area contributed by atoms with Crippen molar-refractivity contribution in [2.75, 3.05) is 26.8 Å². The summed E-state index contributed by atoms with van der Waals surface area (Å²) in [5.41, 5.74) is 4.35. The Morgan fingerprint density at radius 3 is 2.90 bits per heavy atom. The SMILES string of the molecule is CN=C(NCCc1nc2ccccc2[nH]1)NCc1ccc(C)cc1OC1CCOC1.I. The Bertz CT molecular complexity index is 981. The molecular formula is C23H30IN5O2. The normalized spacial score (nSPS) is 16.2. The molecule has 1 saturated heterocycles. The van der Waals surface area contributed by atoms with Gasteiger partial charge in [0.05, 0.1) is 24.2 Å². The number of aromatic amines is 1. The zero-order valence-electron chi connectivity index (χ0n) is 18.0. The second kappa shape index (κ2) is 11.3. The molecule has 8 heteroatoms. The van der Waals surface area contributed by atoms with Crippen molar-refractivity contribution < 1.29 is 9.47 Å². The summed E-state index contributed by atoms with van der Waals surface area (Å²) in [6.45, 7) is 4.87. The summed E-state index contributed by atoms with van der Waals surface area (Å²) in [5.74, 6) is 2.63. The van der Waals surface area contributed by atoms with E-state index in [2.05, 4.69) is 50.7 Å². The van der Waals surface area contributed by atoms with E-state index >= 15 is 0 Å². The lowest BCUT2D eigenvalue weighted by Gasteiger charge is -2.18. The highest BCUT2D eigenvalue weighted by Gasteiger charge is 2.18. The molecule has 166 valence electrons. The number of halogens is 1. The Morgan fingerprint density at radius 1 is 1.26 bits per heavy atom. The average molecular weight is 535 g/mol. The predicted molar refractivity (Wildman–Crippen MR) is 134 cm³/mol. The van der Waals surface area contributed by atoms with Crippen molar-refractivity contribution in [1.82, 2.24) is 20.6 Å². The number of aliphatic imine (C=N–C) groups is 1. The molecule has 0 saturated carbocycles. The summed E-state index contributed by atoms with van der Waals surface area (Å²) in [5, 5.41) is 6.73. The van der Waals surface area contributed by atoms with Crippen LogP contribution in [-0.2, 0) is 17.7 Å². The van der Waals surface area contributed by atoms with E-state index in [1.165, 1.54) is 5.56 Å². The van der Waals surface area contributed by atoms with E-state index in [0.717, 1.165) is 60.1 Å². The first-order valence-electron chi connectivity index (χ1n) is 10.4. The van der Waals surface area contributed by atoms with E-state index in [0.29, 0.717) is 13.2 Å². The monoisotopic (exact) mass is 535 g/mol. The first-order valence-corrected chi connectivity index (χ1v) is 10.4. The molecule has 1 aromatic heterocycles. The molecule has 1 fully saturated rings. The van der Waals surface area contributed by atoms with Gasteiger partial charge in [0.25, 0.3) is 0 Å². The standard InChI is InChI=1S/C23H29N5O2.HI/c1-16-7-8-17(21(13-16)30-18-10-12-29-15-18)14-26-23(24-2)25-11-9-22-27-19-5-3-4-6-20(19)28-22;/h3-8,13,18H,9-12,14-15H2,1-2H3,(H,27,28)(H2,24,25,26);1H. The highest BCUT2D eigenvalue weighted by atomic mass is 127. The van der Waals surface area contributed by atoms with Crippen LogP contribution >= 0.6 is 24.0 Å². The Kier molecular flexibility index (Phi) is 8.53. The number of hydrogen-bond donors (Lipinski definition) is 3. The van der Waals surface area contributed by atoms with Gasteiger partial charge in [0.1, 0.15) is 17.7 Å². The minimum Gasteiger partial charge on any atom is -0.488 e. The number of para-hydroxylation sites is 2. The molecule has 0 amide bonds. The van der Waals surface area contributed by atoms with Crippen molar-refractivity contribution in [3.05, 3.63) is 59.4 Å². The molecule has 0 bridgehead atoms. The van der Waals surface area contributed by atoms with E-state index in [4.69, 9.17) is 9.47 Å². The summed E-state index contributed by atoms with van der Waals surface area (Å²) >= 11 is 0. The number of nitrogens with one attached hydrogen (secondary N) is 3. The summed E-state index contributed by atoms with van der Waals surface area (Å²) in [6.07, 6.45) is 1.86. The Balaban J connectivity index is 0.00000272. The number of rotatable bonds is 7. The van der Waals surface area contributed by atoms with Crippen molar-refractivity contribution in [2.45, 2.75) is 32.4 Å². The Hall–Kier alpha value is -2.33. The van der Waals surface area contributed by atoms with Gasteiger partial charge in [0.2, 0.25) is 0 Å². The summed E-state index contributed by atoms with van der Waals surface area (Å²) in [7, 11) is 1.78. The number of fused-ring (bicyclic) bond motifs is 1. The van der Waals surface area contributed by atoms with Gasteiger partial charge < -0.3 is 25.1 Å². The van der Waals surface area contributed by atoms with Gasteiger partial charge in [-0.15, -0.1) is 24.0 Å². The lowest BCUT2D eigenvalue weighted by Crippen LogP contribution is -2.38. The van der Waals surface area contributed by atoms with Crippen molar-refractivity contribution in [1.29, 1.82) is 0 Å². The molecular weight excluding hydrogens is 505 g/mol. The van der Waals surface area contributed by atoms with Gasteiger partial charge in [0, 0.05) is 38.5 Å². The molecule has 1 atom stereocenters. The smallest absolute Gasteiger partial charge is 0.191 e. The molecule has 7 nitrogen and oxygen atoms in total. The van der Waals surface area contributed by atoms with E-state index in [-0.39, 0.29) is 30.1 Å². The number of imidazole rings is 1. The second-order valence-corrected chi connectivity index (χ2v) is 7.52. The van der Waals surface area contributed by atoms with Gasteiger partial charge in [-0.3, -0.25) is 4.99 Å². The van der Waals surface area contributed by atoms with Crippen LogP contribution in [0.5, 0.6) is 5.75 Å². The largest absolute Gasteiger partial charge is 0.488 e. The van der Waals surface area contributed by atoms with E-state index < -0.39 is 0 Å². The van der Waals surface area contributed by atoms with Crippen molar-refractivity contribution >= 4 is 41.0 Å². The predicted octanol–water partition coefficient (Wildman–Crippen LogP) is 3.56. The van der Waals surface area contributed by atoms with Gasteiger partial charge in [-0.2, -0.15) is 0 Å². The molecule has 31 heavy (non-hydrogen) atoms. The minimum atomic E-state index is 0. The van der Waals surface area contributed by atoms with E-state index in [1.807, 2.05) is 24.3 Å². The van der Waals surface area contributed by atoms with Crippen LogP contribution in [0.3, 0.4) is 0 Å². The maximum Gasteiger partial charge on any atom is 0.191 e. The topological polar surface area (TPSA) is 83.6 Å². The number of ether oxygens (including phenoxy) is 2. The lowest BCUT2D eigenvalue weighted by atomic mass is 10.1. The van der Waals surface area contributed by atoms with Crippen molar-refractivity contribution in [3.8, 4) is 5.75 Å². The molecule has 4 rings (SSSR count). The number of benzene rings is 2. The molecule has 0 spiro atoms. The second-order valence-electron chi connectivity index (χ2n) is 7.52. The zero-order valence-corrected chi connectivity index (χ0v) is 20.3. The molecule has 1 aliphatic rings. The van der Waals surface area contributed by atoms with Gasteiger partial charge in [-0.05, 0) is 30.7 Å². The van der Waals surface area contributed by atoms with Crippen molar-refractivity contribution in [2.24, 2.45) is 4.99 Å². The number of nitrogens with zero attached hydrogens (tertiary/aromatic N) is 2. The maximum absolute atomic E-state index is 6.18. The van der Waals surface area contributed by atoms with Crippen LogP contribution in [0.1, 0.15) is 23.4 Å². The first-order chi connectivity index (χ1) is 14.7. The van der Waals surface area contributed by atoms with Gasteiger partial charge in [-0.1, -0.05) is 24.3 Å². The fraction of sp³-hybridized carbons (Fsp3) is 0.391. The number of H-pyrrole nitrogens is 1. The van der Waals surface area contributed by atoms with Crippen LogP contribution < -0.4 is 15.4 Å². The highest BCUT2D eigenvalue weighted by Crippen LogP contribution is 2.23. The van der Waals surface area contributed by atoms with E-state index in [1.54, 1.807) is 7.05 Å². The van der Waals surface area contributed by atoms with Crippen LogP contribution in [0, 0.1) is 6.92 Å². The summed E-state index contributed by atoms with van der Waals surface area (Å²) in [6, 6.07) is 14.4. The van der Waals surface area contributed by atoms with Crippen LogP contribution in [-0.4, -0.2) is 48.8 Å². The minimum absolute atomic E-state index is 0. The third-order valence-corrected chi connectivity index (χ3v) is 5.17. The molecule has 1 unspecified atom stereocenters. The molecule has 2 aromatic carbocycles. The summed E-state index contributed by atoms with van der Waals surface area (Å²) in [4.78, 5) is 12.3.